The first-order valence-corrected chi connectivity index (χ1v) is 9.18. The molecular weight excluding hydrogens is 332 g/mol. The molecule has 0 aromatic carbocycles. The van der Waals surface area contributed by atoms with E-state index in [0.29, 0.717) is 0 Å². The van der Waals surface area contributed by atoms with Crippen molar-refractivity contribution in [2.45, 2.75) is 13.5 Å². The Kier molecular flexibility index (Phi) is 4.98. The Morgan fingerprint density at radius 1 is 1.00 bits per heavy atom. The number of piperazine rings is 1. The van der Waals surface area contributed by atoms with Crippen molar-refractivity contribution in [2.75, 3.05) is 62.3 Å². The van der Waals surface area contributed by atoms with E-state index in [4.69, 9.17) is 9.72 Å². The third kappa shape index (κ3) is 3.94. The van der Waals surface area contributed by atoms with E-state index in [1.54, 1.807) is 4.68 Å². The van der Waals surface area contributed by atoms with Crippen molar-refractivity contribution >= 4 is 11.8 Å². The van der Waals surface area contributed by atoms with Crippen LogP contribution in [0.3, 0.4) is 0 Å². The van der Waals surface area contributed by atoms with Gasteiger partial charge in [0.05, 0.1) is 18.9 Å². The van der Waals surface area contributed by atoms with Crippen molar-refractivity contribution < 1.29 is 4.74 Å². The molecule has 4 heterocycles. The lowest BCUT2D eigenvalue weighted by Gasteiger charge is -2.35. The number of morpholine rings is 1. The summed E-state index contributed by atoms with van der Waals surface area (Å²) in [7, 11) is 1.90. The van der Waals surface area contributed by atoms with Crippen LogP contribution < -0.4 is 9.80 Å². The van der Waals surface area contributed by atoms with Crippen molar-refractivity contribution in [3.63, 3.8) is 0 Å². The second kappa shape index (κ2) is 7.55. The molecule has 2 fully saturated rings. The molecule has 9 heteroatoms. The molecular formula is C17H26N8O. The molecule has 0 N–H and O–H groups in total. The van der Waals surface area contributed by atoms with Gasteiger partial charge in [0.2, 0.25) is 5.95 Å². The number of hydrogen-bond donors (Lipinski definition) is 0. The predicted octanol–water partition coefficient (Wildman–Crippen LogP) is 0.0723. The molecule has 0 atom stereocenters. The number of nitrogens with zero attached hydrogens (tertiary/aromatic N) is 8. The lowest BCUT2D eigenvalue weighted by Crippen LogP contribution is -2.46. The van der Waals surface area contributed by atoms with E-state index >= 15 is 0 Å². The first-order chi connectivity index (χ1) is 12.7. The Labute approximate surface area is 153 Å². The molecule has 0 radical (unpaired) electrons. The van der Waals surface area contributed by atoms with Gasteiger partial charge in [0.1, 0.15) is 5.82 Å². The molecule has 0 bridgehead atoms. The van der Waals surface area contributed by atoms with Crippen LogP contribution in [0, 0.1) is 6.92 Å². The minimum Gasteiger partial charge on any atom is -0.378 e. The van der Waals surface area contributed by atoms with Crippen molar-refractivity contribution in [3.05, 3.63) is 23.7 Å². The standard InChI is InChI=1S/C17H26N8O/c1-14-11-16(19-17(18-14)25-7-9-26-10-8-25)24-5-3-23(4-6-24)13-15-12-22(2)21-20-15/h11-12H,3-10,13H2,1-2H3. The summed E-state index contributed by atoms with van der Waals surface area (Å²) in [6, 6.07) is 2.09. The fourth-order valence-electron chi connectivity index (χ4n) is 3.44. The van der Waals surface area contributed by atoms with Crippen LogP contribution in [0.4, 0.5) is 11.8 Å². The molecule has 2 aliphatic rings. The monoisotopic (exact) mass is 358 g/mol. The van der Waals surface area contributed by atoms with Gasteiger partial charge in [-0.25, -0.2) is 4.98 Å². The molecule has 2 aromatic rings. The summed E-state index contributed by atoms with van der Waals surface area (Å²) in [5, 5.41) is 8.19. The van der Waals surface area contributed by atoms with Crippen LogP contribution in [-0.4, -0.2) is 82.3 Å². The maximum Gasteiger partial charge on any atom is 0.227 e. The molecule has 140 valence electrons. The van der Waals surface area contributed by atoms with E-state index in [1.165, 1.54) is 0 Å². The van der Waals surface area contributed by atoms with Crippen molar-refractivity contribution in [3.8, 4) is 0 Å². The van der Waals surface area contributed by atoms with Crippen molar-refractivity contribution in [2.24, 2.45) is 7.05 Å². The van der Waals surface area contributed by atoms with Crippen LogP contribution in [0.25, 0.3) is 0 Å². The Balaban J connectivity index is 1.39. The third-order valence-electron chi connectivity index (χ3n) is 4.85. The normalized spacial score (nSPS) is 19.2. The third-order valence-corrected chi connectivity index (χ3v) is 4.85. The fourth-order valence-corrected chi connectivity index (χ4v) is 3.44. The first-order valence-electron chi connectivity index (χ1n) is 9.18. The van der Waals surface area contributed by atoms with Gasteiger partial charge in [-0.3, -0.25) is 9.58 Å². The van der Waals surface area contributed by atoms with Gasteiger partial charge in [-0.15, -0.1) is 5.10 Å². The average molecular weight is 358 g/mol. The molecule has 0 spiro atoms. The van der Waals surface area contributed by atoms with Gasteiger partial charge in [-0.05, 0) is 6.92 Å². The molecule has 2 saturated heterocycles. The first kappa shape index (κ1) is 17.2. The maximum atomic E-state index is 5.44. The van der Waals surface area contributed by atoms with Crippen molar-refractivity contribution in [1.29, 1.82) is 0 Å². The molecule has 2 aromatic heterocycles. The highest BCUT2D eigenvalue weighted by atomic mass is 16.5. The number of anilines is 2. The highest BCUT2D eigenvalue weighted by Crippen LogP contribution is 2.20. The number of rotatable bonds is 4. The van der Waals surface area contributed by atoms with Crippen LogP contribution in [0.1, 0.15) is 11.4 Å². The summed E-state index contributed by atoms with van der Waals surface area (Å²) in [6.45, 7) is 9.99. The van der Waals surface area contributed by atoms with E-state index in [1.807, 2.05) is 20.2 Å². The Bertz CT molecular complexity index is 734. The molecule has 26 heavy (non-hydrogen) atoms. The summed E-state index contributed by atoms with van der Waals surface area (Å²) in [5.41, 5.74) is 2.03. The van der Waals surface area contributed by atoms with E-state index in [2.05, 4.69) is 36.1 Å². The van der Waals surface area contributed by atoms with Gasteiger partial charge in [0.15, 0.2) is 0 Å². The molecule has 2 aliphatic heterocycles. The summed E-state index contributed by atoms with van der Waals surface area (Å²) >= 11 is 0. The zero-order valence-electron chi connectivity index (χ0n) is 15.5. The van der Waals surface area contributed by atoms with Gasteiger partial charge in [0.25, 0.3) is 0 Å². The number of aryl methyl sites for hydroxylation is 2. The Hall–Kier alpha value is -2.26. The second-order valence-electron chi connectivity index (χ2n) is 6.91. The van der Waals surface area contributed by atoms with Gasteiger partial charge in [0, 0.05) is 70.8 Å². The second-order valence-corrected chi connectivity index (χ2v) is 6.91. The lowest BCUT2D eigenvalue weighted by atomic mass is 10.3. The smallest absolute Gasteiger partial charge is 0.227 e. The molecule has 9 nitrogen and oxygen atoms in total. The predicted molar refractivity (Wildman–Crippen MR) is 98.3 cm³/mol. The molecule has 0 aliphatic carbocycles. The minimum atomic E-state index is 0.744. The average Bonchev–Trinajstić information content (AvgIpc) is 3.07. The minimum absolute atomic E-state index is 0.744. The quantitative estimate of drug-likeness (QED) is 0.760. The highest BCUT2D eigenvalue weighted by Gasteiger charge is 2.21. The zero-order valence-corrected chi connectivity index (χ0v) is 15.5. The molecule has 4 rings (SSSR count). The highest BCUT2D eigenvalue weighted by molar-refractivity contribution is 5.46. The van der Waals surface area contributed by atoms with Gasteiger partial charge in [-0.1, -0.05) is 5.21 Å². The molecule has 0 unspecified atom stereocenters. The van der Waals surface area contributed by atoms with Crippen LogP contribution in [0.5, 0.6) is 0 Å². The summed E-state index contributed by atoms with van der Waals surface area (Å²) < 4.78 is 7.19. The topological polar surface area (TPSA) is 75.4 Å². The van der Waals surface area contributed by atoms with E-state index in [-0.39, 0.29) is 0 Å². The van der Waals surface area contributed by atoms with Crippen molar-refractivity contribution in [1.82, 2.24) is 29.9 Å². The Morgan fingerprint density at radius 3 is 2.46 bits per heavy atom. The maximum absolute atomic E-state index is 5.44. The van der Waals surface area contributed by atoms with Crippen LogP contribution in [0.2, 0.25) is 0 Å². The van der Waals surface area contributed by atoms with Gasteiger partial charge < -0.3 is 14.5 Å². The largest absolute Gasteiger partial charge is 0.378 e. The van der Waals surface area contributed by atoms with Gasteiger partial charge in [-0.2, -0.15) is 4.98 Å². The van der Waals surface area contributed by atoms with Crippen LogP contribution >= 0.6 is 0 Å². The number of ether oxygens (including phenoxy) is 1. The number of hydrogen-bond acceptors (Lipinski definition) is 8. The SMILES string of the molecule is Cc1cc(N2CCN(Cc3cn(C)nn3)CC2)nc(N2CCOCC2)n1. The van der Waals surface area contributed by atoms with Crippen LogP contribution in [0.15, 0.2) is 12.3 Å². The van der Waals surface area contributed by atoms with Crippen LogP contribution in [-0.2, 0) is 18.3 Å². The van der Waals surface area contributed by atoms with E-state index in [9.17, 15) is 0 Å². The summed E-state index contributed by atoms with van der Waals surface area (Å²) in [5.74, 6) is 1.85. The fraction of sp³-hybridized carbons (Fsp3) is 0.647. The van der Waals surface area contributed by atoms with E-state index < -0.39 is 0 Å². The van der Waals surface area contributed by atoms with Gasteiger partial charge >= 0.3 is 0 Å². The molecule has 0 saturated carbocycles. The number of aromatic nitrogens is 5. The molecule has 0 amide bonds. The zero-order chi connectivity index (χ0) is 17.9. The van der Waals surface area contributed by atoms with E-state index in [0.717, 1.165) is 82.2 Å². The summed E-state index contributed by atoms with van der Waals surface area (Å²) in [6.07, 6.45) is 1.98. The summed E-state index contributed by atoms with van der Waals surface area (Å²) in [4.78, 5) is 16.4. The Morgan fingerprint density at radius 2 is 1.77 bits per heavy atom. The lowest BCUT2D eigenvalue weighted by molar-refractivity contribution is 0.122.